The number of hydrogen-bond acceptors (Lipinski definition) is 4. The standard InChI is InChI=1S/C13H25N3O3S/c1-16-6-3-4-10(9-16)8-14-13(19)15-11(12(17)18)5-7-20-2/h10-11H,3-9H2,1-2H3,(H,17,18)(H2,14,15,19). The largest absolute Gasteiger partial charge is 0.480 e. The number of likely N-dealkylation sites (tertiary alicyclic amines) is 1. The van der Waals surface area contributed by atoms with Crippen LogP contribution in [0, 0.1) is 5.92 Å². The fourth-order valence-corrected chi connectivity index (χ4v) is 2.85. The number of rotatable bonds is 7. The summed E-state index contributed by atoms with van der Waals surface area (Å²) in [6.45, 7) is 2.69. The van der Waals surface area contributed by atoms with Crippen molar-refractivity contribution in [3.8, 4) is 0 Å². The van der Waals surface area contributed by atoms with Crippen molar-refractivity contribution in [2.75, 3.05) is 38.7 Å². The van der Waals surface area contributed by atoms with Crippen LogP contribution in [0.4, 0.5) is 4.79 Å². The highest BCUT2D eigenvalue weighted by Crippen LogP contribution is 2.13. The summed E-state index contributed by atoms with van der Waals surface area (Å²) < 4.78 is 0. The summed E-state index contributed by atoms with van der Waals surface area (Å²) in [4.78, 5) is 25.0. The minimum absolute atomic E-state index is 0.383. The van der Waals surface area contributed by atoms with E-state index in [9.17, 15) is 9.59 Å². The van der Waals surface area contributed by atoms with E-state index in [1.54, 1.807) is 11.8 Å². The number of piperidine rings is 1. The first kappa shape index (κ1) is 17.1. The first-order valence-corrected chi connectivity index (χ1v) is 8.37. The molecular formula is C13H25N3O3S. The van der Waals surface area contributed by atoms with Crippen molar-refractivity contribution in [2.45, 2.75) is 25.3 Å². The predicted molar refractivity (Wildman–Crippen MR) is 81.2 cm³/mol. The van der Waals surface area contributed by atoms with Crippen LogP contribution in [0.1, 0.15) is 19.3 Å². The molecule has 6 nitrogen and oxygen atoms in total. The van der Waals surface area contributed by atoms with E-state index in [1.165, 1.54) is 0 Å². The second kappa shape index (κ2) is 9.07. The molecule has 2 amide bonds. The average Bonchev–Trinajstić information content (AvgIpc) is 2.41. The molecule has 1 aliphatic heterocycles. The molecule has 0 aromatic carbocycles. The third kappa shape index (κ3) is 6.47. The number of carboxylic acids is 1. The summed E-state index contributed by atoms with van der Waals surface area (Å²) in [5.41, 5.74) is 0. The second-order valence-corrected chi connectivity index (χ2v) is 6.28. The van der Waals surface area contributed by atoms with E-state index in [4.69, 9.17) is 5.11 Å². The summed E-state index contributed by atoms with van der Waals surface area (Å²) >= 11 is 1.57. The highest BCUT2D eigenvalue weighted by Gasteiger charge is 2.21. The van der Waals surface area contributed by atoms with Crippen molar-refractivity contribution in [1.82, 2.24) is 15.5 Å². The molecule has 1 aliphatic rings. The number of thioether (sulfide) groups is 1. The van der Waals surface area contributed by atoms with Crippen LogP contribution in [0.15, 0.2) is 0 Å². The normalized spacial score (nSPS) is 21.2. The lowest BCUT2D eigenvalue weighted by Gasteiger charge is -2.29. The Labute approximate surface area is 124 Å². The van der Waals surface area contributed by atoms with Gasteiger partial charge in [-0.2, -0.15) is 11.8 Å². The summed E-state index contributed by atoms with van der Waals surface area (Å²) in [7, 11) is 2.08. The Morgan fingerprint density at radius 3 is 2.85 bits per heavy atom. The predicted octanol–water partition coefficient (Wildman–Crippen LogP) is 0.834. The van der Waals surface area contributed by atoms with E-state index >= 15 is 0 Å². The van der Waals surface area contributed by atoms with Gasteiger partial charge >= 0.3 is 12.0 Å². The molecule has 20 heavy (non-hydrogen) atoms. The topological polar surface area (TPSA) is 81.7 Å². The molecular weight excluding hydrogens is 278 g/mol. The second-order valence-electron chi connectivity index (χ2n) is 5.30. The molecule has 1 heterocycles. The summed E-state index contributed by atoms with van der Waals surface area (Å²) in [6.07, 6.45) is 4.62. The van der Waals surface area contributed by atoms with Crippen molar-refractivity contribution in [2.24, 2.45) is 5.92 Å². The maximum absolute atomic E-state index is 11.7. The fourth-order valence-electron chi connectivity index (χ4n) is 2.38. The monoisotopic (exact) mass is 303 g/mol. The molecule has 0 bridgehead atoms. The Kier molecular flexibility index (Phi) is 7.76. The van der Waals surface area contributed by atoms with Gasteiger partial charge in [-0.3, -0.25) is 0 Å². The molecule has 7 heteroatoms. The van der Waals surface area contributed by atoms with Crippen molar-refractivity contribution in [3.63, 3.8) is 0 Å². The number of nitrogens with zero attached hydrogens (tertiary/aromatic N) is 1. The lowest BCUT2D eigenvalue weighted by molar-refractivity contribution is -0.139. The molecule has 0 radical (unpaired) electrons. The third-order valence-electron chi connectivity index (χ3n) is 3.49. The number of aliphatic carboxylic acids is 1. The van der Waals surface area contributed by atoms with Crippen molar-refractivity contribution >= 4 is 23.8 Å². The Morgan fingerprint density at radius 2 is 2.25 bits per heavy atom. The lowest BCUT2D eigenvalue weighted by atomic mass is 9.99. The number of urea groups is 1. The highest BCUT2D eigenvalue weighted by molar-refractivity contribution is 7.98. The molecule has 1 saturated heterocycles. The first-order valence-electron chi connectivity index (χ1n) is 6.97. The van der Waals surface area contributed by atoms with Crippen LogP contribution in [-0.4, -0.2) is 66.7 Å². The number of carbonyl (C=O) groups excluding carboxylic acids is 1. The van der Waals surface area contributed by atoms with Gasteiger partial charge in [0.25, 0.3) is 0 Å². The van der Waals surface area contributed by atoms with Gasteiger partial charge in [-0.15, -0.1) is 0 Å². The molecule has 2 atom stereocenters. The van der Waals surface area contributed by atoms with E-state index in [0.717, 1.165) is 25.9 Å². The van der Waals surface area contributed by atoms with Gasteiger partial charge < -0.3 is 20.6 Å². The first-order chi connectivity index (χ1) is 9.52. The average molecular weight is 303 g/mol. The van der Waals surface area contributed by atoms with Crippen LogP contribution < -0.4 is 10.6 Å². The van der Waals surface area contributed by atoms with Crippen LogP contribution in [-0.2, 0) is 4.79 Å². The minimum atomic E-state index is -0.980. The maximum atomic E-state index is 11.7. The van der Waals surface area contributed by atoms with Crippen LogP contribution in [0.25, 0.3) is 0 Å². The van der Waals surface area contributed by atoms with Gasteiger partial charge in [0.2, 0.25) is 0 Å². The number of amides is 2. The minimum Gasteiger partial charge on any atom is -0.480 e. The van der Waals surface area contributed by atoms with E-state index in [0.29, 0.717) is 24.6 Å². The molecule has 1 rings (SSSR count). The number of carboxylic acid groups (broad SMARTS) is 1. The zero-order chi connectivity index (χ0) is 15.0. The van der Waals surface area contributed by atoms with Gasteiger partial charge in [-0.25, -0.2) is 9.59 Å². The molecule has 0 aromatic heterocycles. The molecule has 3 N–H and O–H groups in total. The van der Waals surface area contributed by atoms with Crippen molar-refractivity contribution < 1.29 is 14.7 Å². The Hall–Kier alpha value is -0.950. The molecule has 1 fully saturated rings. The molecule has 2 unspecified atom stereocenters. The highest BCUT2D eigenvalue weighted by atomic mass is 32.2. The lowest BCUT2D eigenvalue weighted by Crippen LogP contribution is -2.48. The van der Waals surface area contributed by atoms with Crippen LogP contribution in [0.2, 0.25) is 0 Å². The number of nitrogens with one attached hydrogen (secondary N) is 2. The number of hydrogen-bond donors (Lipinski definition) is 3. The molecule has 0 saturated carbocycles. The SMILES string of the molecule is CSCCC(NC(=O)NCC1CCCN(C)C1)C(=O)O. The van der Waals surface area contributed by atoms with E-state index in [-0.39, 0.29) is 6.03 Å². The molecule has 0 aliphatic carbocycles. The summed E-state index contributed by atoms with van der Waals surface area (Å²) in [5.74, 6) is 0.186. The molecule has 0 aromatic rings. The molecule has 116 valence electrons. The van der Waals surface area contributed by atoms with E-state index < -0.39 is 12.0 Å². The van der Waals surface area contributed by atoms with Crippen LogP contribution >= 0.6 is 11.8 Å². The Morgan fingerprint density at radius 1 is 1.50 bits per heavy atom. The zero-order valence-corrected chi connectivity index (χ0v) is 13.0. The van der Waals surface area contributed by atoms with Crippen LogP contribution in [0.5, 0.6) is 0 Å². The number of carbonyl (C=O) groups is 2. The van der Waals surface area contributed by atoms with Crippen LogP contribution in [0.3, 0.4) is 0 Å². The van der Waals surface area contributed by atoms with Gasteiger partial charge in [-0.1, -0.05) is 0 Å². The summed E-state index contributed by atoms with van der Waals surface area (Å²) in [5, 5.41) is 14.4. The zero-order valence-electron chi connectivity index (χ0n) is 12.2. The Bertz CT molecular complexity index is 328. The van der Waals surface area contributed by atoms with Gasteiger partial charge in [-0.05, 0) is 50.8 Å². The molecule has 0 spiro atoms. The van der Waals surface area contributed by atoms with Crippen molar-refractivity contribution in [3.05, 3.63) is 0 Å². The quantitative estimate of drug-likeness (QED) is 0.649. The van der Waals surface area contributed by atoms with E-state index in [2.05, 4.69) is 22.6 Å². The van der Waals surface area contributed by atoms with E-state index in [1.807, 2.05) is 6.26 Å². The smallest absolute Gasteiger partial charge is 0.326 e. The Balaban J connectivity index is 2.28. The van der Waals surface area contributed by atoms with Gasteiger partial charge in [0.1, 0.15) is 6.04 Å². The van der Waals surface area contributed by atoms with Gasteiger partial charge in [0.05, 0.1) is 0 Å². The van der Waals surface area contributed by atoms with Gasteiger partial charge in [0.15, 0.2) is 0 Å². The third-order valence-corrected chi connectivity index (χ3v) is 4.13. The fraction of sp³-hybridized carbons (Fsp3) is 0.846. The van der Waals surface area contributed by atoms with Crippen molar-refractivity contribution in [1.29, 1.82) is 0 Å². The maximum Gasteiger partial charge on any atom is 0.326 e. The van der Waals surface area contributed by atoms with Gasteiger partial charge in [0, 0.05) is 13.1 Å². The summed E-state index contributed by atoms with van der Waals surface area (Å²) in [6, 6.07) is -1.19.